The second kappa shape index (κ2) is 17.3. The Kier molecular flexibility index (Phi) is 12.4. The van der Waals surface area contributed by atoms with Gasteiger partial charge in [0, 0.05) is 73.7 Å². The number of cyclic esters (lactones) is 1. The molecule has 0 saturated carbocycles. The first-order valence-corrected chi connectivity index (χ1v) is 21.1. The van der Waals surface area contributed by atoms with Crippen LogP contribution < -0.4 is 16.5 Å². The molecule has 0 unspecified atom stereocenters. The van der Waals surface area contributed by atoms with Crippen molar-refractivity contribution < 1.29 is 33.8 Å². The number of nitrogens with two attached hydrogens (primary N) is 1. The largest absolute Gasteiger partial charge is 0.508 e. The second-order valence-electron chi connectivity index (χ2n) is 17.7. The average Bonchev–Trinajstić information content (AvgIpc) is 3.71. The maximum atomic E-state index is 14.5. The Morgan fingerprint density at radius 2 is 1.88 bits per heavy atom. The van der Waals surface area contributed by atoms with Gasteiger partial charge in [0.05, 0.1) is 24.1 Å². The van der Waals surface area contributed by atoms with Gasteiger partial charge < -0.3 is 35.1 Å². The first-order chi connectivity index (χ1) is 28.6. The Labute approximate surface area is 351 Å². The molecule has 14 nitrogen and oxygen atoms in total. The molecule has 3 aliphatic heterocycles. The quantitative estimate of drug-likeness (QED) is 0.176. The second-order valence-corrected chi connectivity index (χ2v) is 17.7. The molecule has 320 valence electrons. The average molecular weight is 822 g/mol. The lowest BCUT2D eigenvalue weighted by molar-refractivity contribution is -0.155. The monoisotopic (exact) mass is 821 g/mol. The molecule has 60 heavy (non-hydrogen) atoms. The fraction of sp³-hybridized carbons (Fsp3) is 0.500. The zero-order valence-electron chi connectivity index (χ0n) is 35.8. The van der Waals surface area contributed by atoms with Crippen molar-refractivity contribution in [2.45, 2.75) is 110 Å². The van der Waals surface area contributed by atoms with Crippen LogP contribution in [0.5, 0.6) is 5.75 Å². The zero-order chi connectivity index (χ0) is 43.0. The highest BCUT2D eigenvalue weighted by molar-refractivity contribution is 5.96. The SMILES string of the molecule is CCn1c(-c2cccnc2[C@H](C)OC)c2c3cc(ccc31)-c1cc(O)cc(c1)C[C@H](NC(=O)[C@H](C(C)C)N1C[C@@H](N)CC1=O)C(=O)N1CCC[C@H](N1)C(=O)OCC(C)(C)C2. The highest BCUT2D eigenvalue weighted by Gasteiger charge is 2.41. The van der Waals surface area contributed by atoms with Gasteiger partial charge in [-0.25, -0.2) is 5.43 Å². The summed E-state index contributed by atoms with van der Waals surface area (Å²) in [7, 11) is 1.67. The number of carbonyl (C=O) groups excluding carboxylic acids is 4. The van der Waals surface area contributed by atoms with Crippen LogP contribution in [0.1, 0.15) is 83.7 Å². The standard InChI is InChI=1S/C46H59N7O7/c1-8-51-38-14-13-29-21-34(38)35(42(51)33-11-9-15-48-40(33)27(4)59-7)23-46(5,6)25-60-45(58)36-12-10-16-53(50-36)44(57)37(19-28-17-30(29)20-32(54)18-28)49-43(56)41(26(2)3)52-24-31(47)22-39(52)55/h9,11,13-15,17-18,20-21,26-27,31,36-37,41,50,54H,8,10,12,16,19,22-25,47H2,1-7H3,(H,49,56)/t27-,31-,36-,37-,41-/m0/s1. The first kappa shape index (κ1) is 42.8. The van der Waals surface area contributed by atoms with Crippen molar-refractivity contribution in [1.82, 2.24) is 30.2 Å². The molecular formula is C46H59N7O7. The van der Waals surface area contributed by atoms with Crippen LogP contribution >= 0.6 is 0 Å². The van der Waals surface area contributed by atoms with E-state index in [1.54, 1.807) is 25.4 Å². The van der Waals surface area contributed by atoms with Gasteiger partial charge in [-0.15, -0.1) is 0 Å². The van der Waals surface area contributed by atoms with E-state index in [0.717, 1.165) is 44.5 Å². The Bertz CT molecular complexity index is 2290. The molecular weight excluding hydrogens is 763 g/mol. The molecule has 0 radical (unpaired) electrons. The summed E-state index contributed by atoms with van der Waals surface area (Å²) in [4.78, 5) is 61.8. The number of methoxy groups -OCH3 is 1. The van der Waals surface area contributed by atoms with E-state index in [1.165, 1.54) is 9.91 Å². The molecule has 3 amide bonds. The van der Waals surface area contributed by atoms with Crippen molar-refractivity contribution >= 4 is 34.6 Å². The number of aromatic nitrogens is 2. The van der Waals surface area contributed by atoms with Crippen molar-refractivity contribution in [3.05, 3.63) is 71.5 Å². The first-order valence-electron chi connectivity index (χ1n) is 21.1. The summed E-state index contributed by atoms with van der Waals surface area (Å²) in [6, 6.07) is 12.4. The van der Waals surface area contributed by atoms with E-state index < -0.39 is 41.3 Å². The number of aromatic hydroxyl groups is 1. The number of amides is 3. The van der Waals surface area contributed by atoms with Gasteiger partial charge in [0.25, 0.3) is 5.91 Å². The Morgan fingerprint density at radius 3 is 2.58 bits per heavy atom. The third-order valence-corrected chi connectivity index (χ3v) is 12.1. The van der Waals surface area contributed by atoms with Crippen molar-refractivity contribution in [2.24, 2.45) is 17.1 Å². The van der Waals surface area contributed by atoms with Gasteiger partial charge in [-0.05, 0) is 97.7 Å². The van der Waals surface area contributed by atoms with E-state index in [2.05, 4.69) is 54.3 Å². The molecule has 2 aromatic heterocycles. The fourth-order valence-electron chi connectivity index (χ4n) is 9.16. The van der Waals surface area contributed by atoms with Crippen LogP contribution in [0.15, 0.2) is 54.7 Å². The van der Waals surface area contributed by atoms with Crippen LogP contribution in [-0.2, 0) is 48.0 Å². The van der Waals surface area contributed by atoms with Gasteiger partial charge in [-0.3, -0.25) is 29.2 Å². The Hall–Kier alpha value is -5.31. The van der Waals surface area contributed by atoms with E-state index in [9.17, 15) is 24.3 Å². The molecule has 2 aromatic carbocycles. The molecule has 6 bridgehead atoms. The minimum atomic E-state index is -1.11. The molecule has 2 fully saturated rings. The summed E-state index contributed by atoms with van der Waals surface area (Å²) in [5.41, 5.74) is 15.8. The normalized spacial score (nSPS) is 22.1. The van der Waals surface area contributed by atoms with E-state index in [-0.39, 0.29) is 55.7 Å². The third kappa shape index (κ3) is 8.63. The van der Waals surface area contributed by atoms with Gasteiger partial charge in [0.1, 0.15) is 23.9 Å². The van der Waals surface area contributed by atoms with E-state index >= 15 is 0 Å². The molecule has 0 aliphatic carbocycles. The molecule has 4 aromatic rings. The molecule has 0 spiro atoms. The van der Waals surface area contributed by atoms with Gasteiger partial charge in [0.15, 0.2) is 0 Å². The maximum absolute atomic E-state index is 14.5. The van der Waals surface area contributed by atoms with Crippen molar-refractivity contribution in [3.8, 4) is 28.1 Å². The van der Waals surface area contributed by atoms with E-state index in [1.807, 2.05) is 39.0 Å². The highest BCUT2D eigenvalue weighted by Crippen LogP contribution is 2.42. The van der Waals surface area contributed by atoms with Crippen molar-refractivity contribution in [3.63, 3.8) is 0 Å². The van der Waals surface area contributed by atoms with Gasteiger partial charge in [-0.1, -0.05) is 39.8 Å². The van der Waals surface area contributed by atoms with Crippen LogP contribution in [0.3, 0.4) is 0 Å². The number of carbonyl (C=O) groups is 4. The number of rotatable bonds is 8. The van der Waals surface area contributed by atoms with Gasteiger partial charge in [-0.2, -0.15) is 0 Å². The summed E-state index contributed by atoms with van der Waals surface area (Å²) < 4.78 is 14.2. The zero-order valence-corrected chi connectivity index (χ0v) is 35.8. The van der Waals surface area contributed by atoms with Crippen LogP contribution in [0, 0.1) is 11.3 Å². The number of ether oxygens (including phenoxy) is 2. The van der Waals surface area contributed by atoms with Gasteiger partial charge >= 0.3 is 5.97 Å². The molecule has 5 heterocycles. The van der Waals surface area contributed by atoms with Crippen LogP contribution in [0.4, 0.5) is 0 Å². The lowest BCUT2D eigenvalue weighted by Crippen LogP contribution is -2.62. The summed E-state index contributed by atoms with van der Waals surface area (Å²) in [5, 5.41) is 16.6. The Morgan fingerprint density at radius 1 is 1.10 bits per heavy atom. The number of nitrogens with one attached hydrogen (secondary N) is 2. The number of fused-ring (bicyclic) bond motifs is 6. The number of phenols is 1. The lowest BCUT2D eigenvalue weighted by atomic mass is 9.84. The van der Waals surface area contributed by atoms with Crippen LogP contribution in [-0.4, -0.2) is 99.2 Å². The number of pyridine rings is 1. The molecule has 14 heteroatoms. The number of hydrogen-bond donors (Lipinski definition) is 4. The molecule has 5 N–H and O–H groups in total. The number of hydrazine groups is 1. The lowest BCUT2D eigenvalue weighted by Gasteiger charge is -2.36. The fourth-order valence-corrected chi connectivity index (χ4v) is 9.16. The molecule has 7 rings (SSSR count). The molecule has 3 aliphatic rings. The number of likely N-dealkylation sites (tertiary alicyclic amines) is 1. The van der Waals surface area contributed by atoms with Crippen LogP contribution in [0.2, 0.25) is 0 Å². The predicted molar refractivity (Wildman–Crippen MR) is 228 cm³/mol. The molecule has 5 atom stereocenters. The van der Waals surface area contributed by atoms with Crippen molar-refractivity contribution in [2.75, 3.05) is 26.8 Å². The molecule has 2 saturated heterocycles. The minimum absolute atomic E-state index is 0.00636. The van der Waals surface area contributed by atoms with E-state index in [4.69, 9.17) is 20.2 Å². The van der Waals surface area contributed by atoms with Gasteiger partial charge in [0.2, 0.25) is 11.8 Å². The maximum Gasteiger partial charge on any atom is 0.324 e. The summed E-state index contributed by atoms with van der Waals surface area (Å²) in [6.07, 6.45) is 3.22. The Balaban J connectivity index is 1.37. The smallest absolute Gasteiger partial charge is 0.324 e. The predicted octanol–water partition coefficient (Wildman–Crippen LogP) is 5.04. The van der Waals surface area contributed by atoms with Crippen LogP contribution in [0.25, 0.3) is 33.3 Å². The minimum Gasteiger partial charge on any atom is -0.508 e. The third-order valence-electron chi connectivity index (χ3n) is 12.1. The number of nitrogens with zero attached hydrogens (tertiary/aromatic N) is 4. The summed E-state index contributed by atoms with van der Waals surface area (Å²) in [6.45, 7) is 13.3. The topological polar surface area (TPSA) is 181 Å². The number of benzene rings is 2. The number of esters is 1. The number of aryl methyl sites for hydroxylation is 1. The van der Waals surface area contributed by atoms with Crippen molar-refractivity contribution in [1.29, 1.82) is 0 Å². The summed E-state index contributed by atoms with van der Waals surface area (Å²) in [5.74, 6) is -1.87. The summed E-state index contributed by atoms with van der Waals surface area (Å²) >= 11 is 0. The highest BCUT2D eigenvalue weighted by atomic mass is 16.5. The number of hydrogen-bond acceptors (Lipinski definition) is 10. The van der Waals surface area contributed by atoms with E-state index in [0.29, 0.717) is 37.9 Å². The number of phenolic OH excluding ortho intramolecular Hbond substituents is 1.